The van der Waals surface area contributed by atoms with Crippen LogP contribution in [0, 0.1) is 0 Å². The molecular formula is C22H16ClNO. The summed E-state index contributed by atoms with van der Waals surface area (Å²) in [6.45, 7) is 0.488. The first-order valence-corrected chi connectivity index (χ1v) is 8.49. The van der Waals surface area contributed by atoms with Crippen molar-refractivity contribution < 1.29 is 4.74 Å². The molecule has 3 aromatic carbocycles. The molecule has 0 saturated heterocycles. The lowest BCUT2D eigenvalue weighted by Gasteiger charge is -2.10. The smallest absolute Gasteiger partial charge is 0.146 e. The molecule has 0 unspecified atom stereocenters. The number of aromatic nitrogens is 1. The first-order valence-electron chi connectivity index (χ1n) is 8.12. The van der Waals surface area contributed by atoms with E-state index in [4.69, 9.17) is 16.3 Å². The maximum absolute atomic E-state index is 6.23. The Morgan fingerprint density at radius 2 is 1.52 bits per heavy atom. The van der Waals surface area contributed by atoms with Crippen LogP contribution in [0.3, 0.4) is 0 Å². The topological polar surface area (TPSA) is 22.1 Å². The van der Waals surface area contributed by atoms with Crippen LogP contribution in [0.4, 0.5) is 0 Å². The molecule has 0 atom stereocenters. The number of ether oxygens (including phenoxy) is 1. The number of fused-ring (bicyclic) bond motifs is 1. The third kappa shape index (κ3) is 3.35. The zero-order valence-electron chi connectivity index (χ0n) is 13.5. The summed E-state index contributed by atoms with van der Waals surface area (Å²) in [5.41, 5.74) is 4.31. The predicted molar refractivity (Wildman–Crippen MR) is 103 cm³/mol. The van der Waals surface area contributed by atoms with Crippen molar-refractivity contribution in [2.45, 2.75) is 6.61 Å². The van der Waals surface area contributed by atoms with Gasteiger partial charge in [0.25, 0.3) is 0 Å². The maximum Gasteiger partial charge on any atom is 0.146 e. The van der Waals surface area contributed by atoms with E-state index in [1.54, 1.807) is 6.20 Å². The second-order valence-electron chi connectivity index (χ2n) is 5.80. The van der Waals surface area contributed by atoms with E-state index in [1.807, 2.05) is 42.5 Å². The van der Waals surface area contributed by atoms with Crippen molar-refractivity contribution >= 4 is 22.5 Å². The quantitative estimate of drug-likeness (QED) is 0.443. The summed E-state index contributed by atoms with van der Waals surface area (Å²) in [5, 5.41) is 1.59. The van der Waals surface area contributed by atoms with Crippen LogP contribution in [0.5, 0.6) is 5.75 Å². The minimum absolute atomic E-state index is 0.488. The van der Waals surface area contributed by atoms with Gasteiger partial charge in [-0.1, -0.05) is 66.2 Å². The van der Waals surface area contributed by atoms with Crippen molar-refractivity contribution in [1.29, 1.82) is 0 Å². The van der Waals surface area contributed by atoms with Crippen LogP contribution < -0.4 is 4.74 Å². The second kappa shape index (κ2) is 6.96. The second-order valence-corrected chi connectivity index (χ2v) is 6.20. The van der Waals surface area contributed by atoms with Gasteiger partial charge in [0.15, 0.2) is 0 Å². The maximum atomic E-state index is 6.23. The molecule has 2 nitrogen and oxygen atoms in total. The summed E-state index contributed by atoms with van der Waals surface area (Å²) in [6, 6.07) is 26.3. The highest BCUT2D eigenvalue weighted by Gasteiger charge is 2.07. The van der Waals surface area contributed by atoms with E-state index in [0.29, 0.717) is 11.6 Å². The van der Waals surface area contributed by atoms with Gasteiger partial charge in [-0.25, -0.2) is 0 Å². The number of halogens is 1. The summed E-state index contributed by atoms with van der Waals surface area (Å²) in [6.07, 6.45) is 1.75. The fourth-order valence-electron chi connectivity index (χ4n) is 2.81. The number of pyridine rings is 1. The van der Waals surface area contributed by atoms with Gasteiger partial charge >= 0.3 is 0 Å². The molecule has 0 aliphatic rings. The number of rotatable bonds is 4. The normalized spacial score (nSPS) is 10.8. The molecular weight excluding hydrogens is 330 g/mol. The van der Waals surface area contributed by atoms with Crippen molar-refractivity contribution in [2.24, 2.45) is 0 Å². The average Bonchev–Trinajstić information content (AvgIpc) is 2.69. The van der Waals surface area contributed by atoms with Gasteiger partial charge in [-0.2, -0.15) is 0 Å². The Bertz CT molecular complexity index is 997. The third-order valence-corrected chi connectivity index (χ3v) is 4.46. The van der Waals surface area contributed by atoms with Crippen LogP contribution in [-0.4, -0.2) is 4.98 Å². The van der Waals surface area contributed by atoms with Gasteiger partial charge in [-0.15, -0.1) is 0 Å². The van der Waals surface area contributed by atoms with Gasteiger partial charge in [0.2, 0.25) is 0 Å². The van der Waals surface area contributed by atoms with Gasteiger partial charge < -0.3 is 4.74 Å². The van der Waals surface area contributed by atoms with Crippen molar-refractivity contribution in [2.75, 3.05) is 0 Å². The lowest BCUT2D eigenvalue weighted by atomic mass is 10.0. The zero-order valence-corrected chi connectivity index (χ0v) is 14.3. The summed E-state index contributed by atoms with van der Waals surface area (Å²) >= 11 is 6.23. The third-order valence-electron chi connectivity index (χ3n) is 4.13. The molecule has 4 rings (SSSR count). The molecule has 25 heavy (non-hydrogen) atoms. The summed E-state index contributed by atoms with van der Waals surface area (Å²) in [4.78, 5) is 4.40. The Hall–Kier alpha value is -2.84. The molecule has 0 amide bonds. The van der Waals surface area contributed by atoms with E-state index in [-0.39, 0.29) is 0 Å². The average molecular weight is 346 g/mol. The van der Waals surface area contributed by atoms with E-state index in [9.17, 15) is 0 Å². The summed E-state index contributed by atoms with van der Waals surface area (Å²) in [7, 11) is 0. The molecule has 0 spiro atoms. The van der Waals surface area contributed by atoms with Crippen LogP contribution in [0.2, 0.25) is 5.02 Å². The Kier molecular flexibility index (Phi) is 4.36. The molecule has 0 saturated carbocycles. The Balaban J connectivity index is 1.53. The SMILES string of the molecule is Clc1ccc(OCc2ccc(-c3ccccc3)cc2)c2ncccc12. The lowest BCUT2D eigenvalue weighted by Crippen LogP contribution is -1.97. The Labute approximate surface area is 151 Å². The van der Waals surface area contributed by atoms with Crippen molar-refractivity contribution in [1.82, 2.24) is 4.98 Å². The minimum atomic E-state index is 0.488. The number of benzene rings is 3. The van der Waals surface area contributed by atoms with E-state index < -0.39 is 0 Å². The standard InChI is InChI=1S/C22H16ClNO/c23-20-12-13-21(22-19(20)7-4-14-24-22)25-15-16-8-10-18(11-9-16)17-5-2-1-3-6-17/h1-14H,15H2. The van der Waals surface area contributed by atoms with Gasteiger partial charge in [-0.3, -0.25) is 4.98 Å². The molecule has 0 bridgehead atoms. The van der Waals surface area contributed by atoms with Crippen molar-refractivity contribution in [3.8, 4) is 16.9 Å². The first kappa shape index (κ1) is 15.7. The predicted octanol–water partition coefficient (Wildman–Crippen LogP) is 6.13. The molecule has 0 radical (unpaired) electrons. The molecule has 1 aromatic heterocycles. The molecule has 1 heterocycles. The molecule has 4 aromatic rings. The van der Waals surface area contributed by atoms with Crippen LogP contribution in [0.25, 0.3) is 22.0 Å². The molecule has 0 aliphatic heterocycles. The van der Waals surface area contributed by atoms with E-state index in [2.05, 4.69) is 41.4 Å². The molecule has 0 N–H and O–H groups in total. The Morgan fingerprint density at radius 3 is 2.32 bits per heavy atom. The van der Waals surface area contributed by atoms with Gasteiger partial charge in [0, 0.05) is 11.6 Å². The Morgan fingerprint density at radius 1 is 0.760 bits per heavy atom. The van der Waals surface area contributed by atoms with Crippen molar-refractivity contribution in [3.63, 3.8) is 0 Å². The van der Waals surface area contributed by atoms with Crippen LogP contribution in [0.15, 0.2) is 85.1 Å². The highest BCUT2D eigenvalue weighted by Crippen LogP contribution is 2.30. The van der Waals surface area contributed by atoms with Crippen LogP contribution >= 0.6 is 11.6 Å². The zero-order chi connectivity index (χ0) is 17.1. The van der Waals surface area contributed by atoms with Crippen LogP contribution in [0.1, 0.15) is 5.56 Å². The number of hydrogen-bond donors (Lipinski definition) is 0. The summed E-state index contributed by atoms with van der Waals surface area (Å²) in [5.74, 6) is 0.743. The summed E-state index contributed by atoms with van der Waals surface area (Å²) < 4.78 is 5.98. The molecule has 0 fully saturated rings. The van der Waals surface area contributed by atoms with Gasteiger partial charge in [0.05, 0.1) is 5.02 Å². The fourth-order valence-corrected chi connectivity index (χ4v) is 3.03. The van der Waals surface area contributed by atoms with Crippen molar-refractivity contribution in [3.05, 3.63) is 95.6 Å². The molecule has 3 heteroatoms. The van der Waals surface area contributed by atoms with E-state index in [1.165, 1.54) is 11.1 Å². The lowest BCUT2D eigenvalue weighted by molar-refractivity contribution is 0.309. The first-order chi connectivity index (χ1) is 12.3. The highest BCUT2D eigenvalue weighted by atomic mass is 35.5. The van der Waals surface area contributed by atoms with Gasteiger partial charge in [-0.05, 0) is 41.0 Å². The molecule has 122 valence electrons. The van der Waals surface area contributed by atoms with Gasteiger partial charge in [0.1, 0.15) is 17.9 Å². The monoisotopic (exact) mass is 345 g/mol. The van der Waals surface area contributed by atoms with E-state index >= 15 is 0 Å². The van der Waals surface area contributed by atoms with Crippen LogP contribution in [-0.2, 0) is 6.61 Å². The number of hydrogen-bond acceptors (Lipinski definition) is 2. The largest absolute Gasteiger partial charge is 0.487 e. The fraction of sp³-hybridized carbons (Fsp3) is 0.0455. The number of nitrogens with zero attached hydrogens (tertiary/aromatic N) is 1. The van der Waals surface area contributed by atoms with E-state index in [0.717, 1.165) is 22.2 Å². The highest BCUT2D eigenvalue weighted by molar-refractivity contribution is 6.35. The minimum Gasteiger partial charge on any atom is -0.487 e. The molecule has 0 aliphatic carbocycles.